The normalized spacial score (nSPS) is 13.5. The van der Waals surface area contributed by atoms with Crippen LogP contribution in [0.3, 0.4) is 0 Å². The number of rotatable bonds is 4. The molecule has 1 heterocycles. The van der Waals surface area contributed by atoms with Gasteiger partial charge in [-0.2, -0.15) is 0 Å². The SMILES string of the molecule is O=C(NO)c1ccc2c(c1)CN(C(=O)C(=Cc1ccc(F)c(F)c1)c1ccccc1)CC2. The Balaban J connectivity index is 1.68. The lowest BCUT2D eigenvalue weighted by atomic mass is 9.95. The van der Waals surface area contributed by atoms with Crippen molar-refractivity contribution >= 4 is 23.5 Å². The van der Waals surface area contributed by atoms with Gasteiger partial charge in [-0.05, 0) is 59.0 Å². The largest absolute Gasteiger partial charge is 0.334 e. The molecule has 5 nitrogen and oxygen atoms in total. The van der Waals surface area contributed by atoms with E-state index in [1.54, 1.807) is 52.9 Å². The zero-order chi connectivity index (χ0) is 22.7. The summed E-state index contributed by atoms with van der Waals surface area (Å²) in [5.41, 5.74) is 5.11. The number of nitrogens with one attached hydrogen (secondary N) is 1. The van der Waals surface area contributed by atoms with E-state index in [1.165, 1.54) is 6.07 Å². The Morgan fingerprint density at radius 3 is 2.41 bits per heavy atom. The Labute approximate surface area is 183 Å². The Morgan fingerprint density at radius 2 is 1.69 bits per heavy atom. The first kappa shape index (κ1) is 21.4. The van der Waals surface area contributed by atoms with E-state index < -0.39 is 17.5 Å². The molecule has 2 amide bonds. The smallest absolute Gasteiger partial charge is 0.274 e. The third kappa shape index (κ3) is 4.43. The predicted molar refractivity (Wildman–Crippen MR) is 115 cm³/mol. The molecule has 3 aromatic carbocycles. The molecule has 0 unspecified atom stereocenters. The van der Waals surface area contributed by atoms with Crippen LogP contribution in [0.5, 0.6) is 0 Å². The van der Waals surface area contributed by atoms with E-state index in [2.05, 4.69) is 0 Å². The van der Waals surface area contributed by atoms with Gasteiger partial charge >= 0.3 is 0 Å². The molecular formula is C25H20F2N2O3. The van der Waals surface area contributed by atoms with Gasteiger partial charge in [-0.15, -0.1) is 0 Å². The second-order valence-corrected chi connectivity index (χ2v) is 7.50. The molecule has 0 bridgehead atoms. The van der Waals surface area contributed by atoms with Gasteiger partial charge in [0, 0.05) is 24.2 Å². The van der Waals surface area contributed by atoms with E-state index in [0.29, 0.717) is 35.2 Å². The fourth-order valence-corrected chi connectivity index (χ4v) is 3.76. The van der Waals surface area contributed by atoms with Gasteiger partial charge in [0.1, 0.15) is 0 Å². The summed E-state index contributed by atoms with van der Waals surface area (Å²) >= 11 is 0. The second-order valence-electron chi connectivity index (χ2n) is 7.50. The number of hydrogen-bond acceptors (Lipinski definition) is 3. The molecule has 7 heteroatoms. The number of fused-ring (bicyclic) bond motifs is 1. The van der Waals surface area contributed by atoms with Gasteiger partial charge in [0.05, 0.1) is 0 Å². The summed E-state index contributed by atoms with van der Waals surface area (Å²) in [5.74, 6) is -2.83. The van der Waals surface area contributed by atoms with Gasteiger partial charge in [-0.3, -0.25) is 14.8 Å². The number of benzene rings is 3. The fourth-order valence-electron chi connectivity index (χ4n) is 3.76. The Kier molecular flexibility index (Phi) is 6.09. The first-order valence-corrected chi connectivity index (χ1v) is 10.0. The summed E-state index contributed by atoms with van der Waals surface area (Å²) in [5, 5.41) is 8.89. The number of carbonyl (C=O) groups is 2. The highest BCUT2D eigenvalue weighted by Gasteiger charge is 2.25. The van der Waals surface area contributed by atoms with Crippen molar-refractivity contribution in [3.63, 3.8) is 0 Å². The minimum Gasteiger partial charge on any atom is -0.334 e. The highest BCUT2D eigenvalue weighted by atomic mass is 19.2. The van der Waals surface area contributed by atoms with E-state index in [4.69, 9.17) is 5.21 Å². The molecule has 1 aliphatic heterocycles. The Bertz CT molecular complexity index is 1210. The minimum atomic E-state index is -0.986. The molecule has 2 N–H and O–H groups in total. The van der Waals surface area contributed by atoms with Crippen molar-refractivity contribution in [1.82, 2.24) is 10.4 Å². The number of nitrogens with zero attached hydrogens (tertiary/aromatic N) is 1. The van der Waals surface area contributed by atoms with Gasteiger partial charge in [0.2, 0.25) is 0 Å². The van der Waals surface area contributed by atoms with Gasteiger partial charge in [-0.1, -0.05) is 42.5 Å². The van der Waals surface area contributed by atoms with Crippen molar-refractivity contribution in [3.05, 3.63) is 106 Å². The summed E-state index contributed by atoms with van der Waals surface area (Å²) < 4.78 is 27.1. The van der Waals surface area contributed by atoms with Crippen molar-refractivity contribution < 1.29 is 23.6 Å². The van der Waals surface area contributed by atoms with Crippen LogP contribution in [0.15, 0.2) is 66.7 Å². The third-order valence-corrected chi connectivity index (χ3v) is 5.44. The quantitative estimate of drug-likeness (QED) is 0.280. The van der Waals surface area contributed by atoms with Crippen LogP contribution in [0.2, 0.25) is 0 Å². The van der Waals surface area contributed by atoms with Crippen LogP contribution in [0.4, 0.5) is 8.78 Å². The zero-order valence-electron chi connectivity index (χ0n) is 17.0. The molecule has 0 fully saturated rings. The predicted octanol–water partition coefficient (Wildman–Crippen LogP) is 4.21. The molecule has 32 heavy (non-hydrogen) atoms. The lowest BCUT2D eigenvalue weighted by Crippen LogP contribution is -2.36. The summed E-state index contributed by atoms with van der Waals surface area (Å²) in [6.07, 6.45) is 2.15. The van der Waals surface area contributed by atoms with Crippen molar-refractivity contribution in [2.24, 2.45) is 0 Å². The molecule has 0 aromatic heterocycles. The Hall–Kier alpha value is -3.84. The topological polar surface area (TPSA) is 69.6 Å². The molecule has 0 saturated heterocycles. The van der Waals surface area contributed by atoms with E-state index in [0.717, 1.165) is 23.3 Å². The van der Waals surface area contributed by atoms with Crippen LogP contribution in [0.25, 0.3) is 11.6 Å². The number of halogens is 2. The summed E-state index contributed by atoms with van der Waals surface area (Å²) in [7, 11) is 0. The molecule has 162 valence electrons. The standard InChI is InChI=1S/C25H20F2N2O3/c26-22-9-6-16(13-23(22)27)12-21(18-4-2-1-3-5-18)25(31)29-11-10-17-7-8-19(24(30)28-32)14-20(17)15-29/h1-9,12-14,32H,10-11,15H2,(H,28,30). The average Bonchev–Trinajstić information content (AvgIpc) is 2.83. The third-order valence-electron chi connectivity index (χ3n) is 5.44. The molecular weight excluding hydrogens is 414 g/mol. The minimum absolute atomic E-state index is 0.261. The van der Waals surface area contributed by atoms with Crippen LogP contribution in [-0.2, 0) is 17.8 Å². The van der Waals surface area contributed by atoms with Gasteiger partial charge < -0.3 is 4.90 Å². The second kappa shape index (κ2) is 9.11. The highest BCUT2D eigenvalue weighted by molar-refractivity contribution is 6.24. The first-order valence-electron chi connectivity index (χ1n) is 10.0. The number of hydrogen-bond donors (Lipinski definition) is 2. The maximum Gasteiger partial charge on any atom is 0.274 e. The maximum atomic E-state index is 13.7. The summed E-state index contributed by atoms with van der Waals surface area (Å²) in [4.78, 5) is 26.9. The van der Waals surface area contributed by atoms with Gasteiger partial charge in [0.25, 0.3) is 11.8 Å². The number of amides is 2. The van der Waals surface area contributed by atoms with Crippen molar-refractivity contribution in [3.8, 4) is 0 Å². The van der Waals surface area contributed by atoms with Crippen LogP contribution in [-0.4, -0.2) is 28.5 Å². The van der Waals surface area contributed by atoms with E-state index in [-0.39, 0.29) is 12.5 Å². The highest BCUT2D eigenvalue weighted by Crippen LogP contribution is 2.26. The molecule has 0 aliphatic carbocycles. The number of carbonyl (C=O) groups excluding carboxylic acids is 2. The van der Waals surface area contributed by atoms with Crippen LogP contribution in [0, 0.1) is 11.6 Å². The molecule has 0 atom stereocenters. The van der Waals surface area contributed by atoms with Crippen molar-refractivity contribution in [1.29, 1.82) is 0 Å². The van der Waals surface area contributed by atoms with Crippen molar-refractivity contribution in [2.75, 3.05) is 6.54 Å². The van der Waals surface area contributed by atoms with E-state index >= 15 is 0 Å². The van der Waals surface area contributed by atoms with Crippen LogP contribution >= 0.6 is 0 Å². The number of hydroxylamine groups is 1. The molecule has 1 aliphatic rings. The molecule has 0 saturated carbocycles. The molecule has 0 radical (unpaired) electrons. The van der Waals surface area contributed by atoms with Crippen molar-refractivity contribution in [2.45, 2.75) is 13.0 Å². The average molecular weight is 434 g/mol. The molecule has 0 spiro atoms. The van der Waals surface area contributed by atoms with Crippen LogP contribution < -0.4 is 5.48 Å². The maximum absolute atomic E-state index is 13.7. The Morgan fingerprint density at radius 1 is 0.906 bits per heavy atom. The van der Waals surface area contributed by atoms with E-state index in [9.17, 15) is 18.4 Å². The first-order chi connectivity index (χ1) is 15.5. The van der Waals surface area contributed by atoms with Gasteiger partial charge in [-0.25, -0.2) is 14.3 Å². The monoisotopic (exact) mass is 434 g/mol. The van der Waals surface area contributed by atoms with Gasteiger partial charge in [0.15, 0.2) is 11.6 Å². The zero-order valence-corrected chi connectivity index (χ0v) is 17.0. The van der Waals surface area contributed by atoms with E-state index in [1.807, 2.05) is 12.1 Å². The molecule has 3 aromatic rings. The lowest BCUT2D eigenvalue weighted by molar-refractivity contribution is -0.125. The summed E-state index contributed by atoms with van der Waals surface area (Å²) in [6, 6.07) is 17.6. The molecule has 4 rings (SSSR count). The fraction of sp³-hybridized carbons (Fsp3) is 0.120. The summed E-state index contributed by atoms with van der Waals surface area (Å²) in [6.45, 7) is 0.752. The van der Waals surface area contributed by atoms with Crippen LogP contribution in [0.1, 0.15) is 32.6 Å². The lowest BCUT2D eigenvalue weighted by Gasteiger charge is -2.30.